The molecular weight excluding hydrogens is 362 g/mol. The number of carboxylic acid groups (broad SMARTS) is 1. The Hall–Kier alpha value is -0.760. The van der Waals surface area contributed by atoms with Crippen LogP contribution in [-0.4, -0.2) is 54.0 Å². The van der Waals surface area contributed by atoms with Gasteiger partial charge in [-0.1, -0.05) is 32.1 Å². The van der Waals surface area contributed by atoms with Crippen molar-refractivity contribution < 1.29 is 23.1 Å². The van der Waals surface area contributed by atoms with Crippen LogP contribution in [0.1, 0.15) is 57.8 Å². The molecular formula is C17H29NO5S2. The quantitative estimate of drug-likeness (QED) is 0.625. The first kappa shape index (κ1) is 20.6. The van der Waals surface area contributed by atoms with Crippen LogP contribution in [0.4, 0.5) is 0 Å². The molecule has 25 heavy (non-hydrogen) atoms. The number of rotatable bonds is 9. The van der Waals surface area contributed by atoms with Crippen LogP contribution in [0.25, 0.3) is 0 Å². The highest BCUT2D eigenvalue weighted by molar-refractivity contribution is 8.02. The Bertz CT molecular complexity index is 557. The van der Waals surface area contributed by atoms with Gasteiger partial charge in [0.2, 0.25) is 5.91 Å². The number of aliphatic carboxylic acids is 1. The summed E-state index contributed by atoms with van der Waals surface area (Å²) in [5.74, 6) is 0.244. The van der Waals surface area contributed by atoms with Gasteiger partial charge in [0.05, 0.1) is 17.3 Å². The van der Waals surface area contributed by atoms with Crippen molar-refractivity contribution in [2.75, 3.05) is 17.3 Å². The van der Waals surface area contributed by atoms with E-state index >= 15 is 0 Å². The Kier molecular flexibility index (Phi) is 8.06. The van der Waals surface area contributed by atoms with Gasteiger partial charge in [0.15, 0.2) is 9.84 Å². The molecule has 1 saturated heterocycles. The second-order valence-corrected chi connectivity index (χ2v) is 10.8. The second kappa shape index (κ2) is 9.80. The van der Waals surface area contributed by atoms with Crippen molar-refractivity contribution in [3.63, 3.8) is 0 Å². The van der Waals surface area contributed by atoms with E-state index in [0.29, 0.717) is 18.8 Å². The molecule has 1 aliphatic carbocycles. The summed E-state index contributed by atoms with van der Waals surface area (Å²) in [5.41, 5.74) is 0. The SMILES string of the molecule is O=C(O)CCC(CC1CCCCC1)NC(=O)CSC1CCS(=O)(=O)C1. The van der Waals surface area contributed by atoms with Crippen LogP contribution in [0.3, 0.4) is 0 Å². The topological polar surface area (TPSA) is 101 Å². The zero-order valence-corrected chi connectivity index (χ0v) is 16.2. The lowest BCUT2D eigenvalue weighted by Crippen LogP contribution is -2.38. The van der Waals surface area contributed by atoms with Crippen molar-refractivity contribution in [2.45, 2.75) is 69.1 Å². The molecule has 1 aliphatic heterocycles. The Morgan fingerprint density at radius 3 is 2.48 bits per heavy atom. The van der Waals surface area contributed by atoms with E-state index in [2.05, 4.69) is 5.32 Å². The van der Waals surface area contributed by atoms with Crippen LogP contribution in [0, 0.1) is 5.92 Å². The number of amides is 1. The molecule has 2 atom stereocenters. The highest BCUT2D eigenvalue weighted by Gasteiger charge is 2.29. The standard InChI is InChI=1S/C17H29NO5S2/c19-16(11-24-15-8-9-25(22,23)12-15)18-14(6-7-17(20)21)10-13-4-2-1-3-5-13/h13-15H,1-12H2,(H,18,19)(H,20,21). The summed E-state index contributed by atoms with van der Waals surface area (Å²) >= 11 is 1.40. The number of carbonyl (C=O) groups is 2. The van der Waals surface area contributed by atoms with Gasteiger partial charge in [-0.25, -0.2) is 8.42 Å². The molecule has 1 amide bonds. The third kappa shape index (κ3) is 7.98. The minimum Gasteiger partial charge on any atom is -0.481 e. The van der Waals surface area contributed by atoms with E-state index in [1.807, 2.05) is 0 Å². The van der Waals surface area contributed by atoms with Crippen molar-refractivity contribution in [3.05, 3.63) is 0 Å². The zero-order chi connectivity index (χ0) is 18.3. The Balaban J connectivity index is 1.77. The molecule has 6 nitrogen and oxygen atoms in total. The summed E-state index contributed by atoms with van der Waals surface area (Å²) in [6, 6.07) is -0.0976. The van der Waals surface area contributed by atoms with Gasteiger partial charge in [-0.05, 0) is 25.2 Å². The third-order valence-electron chi connectivity index (χ3n) is 5.06. The van der Waals surface area contributed by atoms with Crippen molar-refractivity contribution in [1.82, 2.24) is 5.32 Å². The molecule has 0 radical (unpaired) electrons. The van der Waals surface area contributed by atoms with E-state index in [1.54, 1.807) is 0 Å². The molecule has 2 fully saturated rings. The molecule has 0 aromatic rings. The fourth-order valence-electron chi connectivity index (χ4n) is 3.73. The Labute approximate surface area is 154 Å². The summed E-state index contributed by atoms with van der Waals surface area (Å²) in [6.45, 7) is 0. The smallest absolute Gasteiger partial charge is 0.303 e. The summed E-state index contributed by atoms with van der Waals surface area (Å²) in [5, 5.41) is 11.9. The lowest BCUT2D eigenvalue weighted by Gasteiger charge is -2.27. The van der Waals surface area contributed by atoms with E-state index < -0.39 is 15.8 Å². The second-order valence-electron chi connectivity index (χ2n) is 7.27. The van der Waals surface area contributed by atoms with E-state index in [9.17, 15) is 18.0 Å². The van der Waals surface area contributed by atoms with Gasteiger partial charge < -0.3 is 10.4 Å². The van der Waals surface area contributed by atoms with Gasteiger partial charge in [-0.15, -0.1) is 11.8 Å². The van der Waals surface area contributed by atoms with Crippen LogP contribution in [0.5, 0.6) is 0 Å². The summed E-state index contributed by atoms with van der Waals surface area (Å²) in [7, 11) is -2.92. The number of nitrogens with one attached hydrogen (secondary N) is 1. The van der Waals surface area contributed by atoms with Crippen LogP contribution in [0.2, 0.25) is 0 Å². The fourth-order valence-corrected chi connectivity index (χ4v) is 7.18. The van der Waals surface area contributed by atoms with Crippen molar-refractivity contribution in [2.24, 2.45) is 5.92 Å². The van der Waals surface area contributed by atoms with Crippen molar-refractivity contribution in [3.8, 4) is 0 Å². The highest BCUT2D eigenvalue weighted by atomic mass is 32.2. The monoisotopic (exact) mass is 391 g/mol. The summed E-state index contributed by atoms with van der Waals surface area (Å²) in [4.78, 5) is 23.1. The predicted molar refractivity (Wildman–Crippen MR) is 99.5 cm³/mol. The van der Waals surface area contributed by atoms with E-state index in [-0.39, 0.29) is 40.9 Å². The van der Waals surface area contributed by atoms with Gasteiger partial charge >= 0.3 is 5.97 Å². The number of hydrogen-bond acceptors (Lipinski definition) is 5. The molecule has 0 aromatic heterocycles. The number of thioether (sulfide) groups is 1. The summed E-state index contributed by atoms with van der Waals surface area (Å²) < 4.78 is 22.9. The molecule has 2 unspecified atom stereocenters. The molecule has 0 spiro atoms. The Morgan fingerprint density at radius 1 is 1.16 bits per heavy atom. The molecule has 0 aromatic carbocycles. The fraction of sp³-hybridized carbons (Fsp3) is 0.882. The van der Waals surface area contributed by atoms with Crippen molar-refractivity contribution >= 4 is 33.5 Å². The van der Waals surface area contributed by atoms with Crippen LogP contribution in [-0.2, 0) is 19.4 Å². The third-order valence-corrected chi connectivity index (χ3v) is 8.34. The highest BCUT2D eigenvalue weighted by Crippen LogP contribution is 2.28. The van der Waals surface area contributed by atoms with Gasteiger partial charge in [-0.2, -0.15) is 0 Å². The number of hydrogen-bond donors (Lipinski definition) is 2. The van der Waals surface area contributed by atoms with Gasteiger partial charge in [-0.3, -0.25) is 9.59 Å². The van der Waals surface area contributed by atoms with Gasteiger partial charge in [0, 0.05) is 17.7 Å². The van der Waals surface area contributed by atoms with E-state index in [4.69, 9.17) is 5.11 Å². The first-order chi connectivity index (χ1) is 11.8. The maximum atomic E-state index is 12.2. The average Bonchev–Trinajstić information content (AvgIpc) is 2.91. The van der Waals surface area contributed by atoms with Crippen molar-refractivity contribution in [1.29, 1.82) is 0 Å². The maximum absolute atomic E-state index is 12.2. The Morgan fingerprint density at radius 2 is 1.88 bits per heavy atom. The number of carboxylic acids is 1. The lowest BCUT2D eigenvalue weighted by molar-refractivity contribution is -0.137. The van der Waals surface area contributed by atoms with Crippen LogP contribution < -0.4 is 5.32 Å². The molecule has 0 bridgehead atoms. The van der Waals surface area contributed by atoms with Crippen LogP contribution >= 0.6 is 11.8 Å². The molecule has 2 aliphatic rings. The maximum Gasteiger partial charge on any atom is 0.303 e. The van der Waals surface area contributed by atoms with E-state index in [0.717, 1.165) is 19.3 Å². The summed E-state index contributed by atoms with van der Waals surface area (Å²) in [6.07, 6.45) is 8.01. The normalized spacial score (nSPS) is 24.7. The number of carbonyl (C=O) groups excluding carboxylic acids is 1. The molecule has 1 saturated carbocycles. The average molecular weight is 392 g/mol. The molecule has 2 rings (SSSR count). The van der Waals surface area contributed by atoms with Gasteiger partial charge in [0.25, 0.3) is 0 Å². The molecule has 8 heteroatoms. The van der Waals surface area contributed by atoms with Crippen LogP contribution in [0.15, 0.2) is 0 Å². The first-order valence-corrected chi connectivity index (χ1v) is 12.0. The molecule has 2 N–H and O–H groups in total. The minimum atomic E-state index is -2.92. The minimum absolute atomic E-state index is 0.00608. The molecule has 144 valence electrons. The zero-order valence-electron chi connectivity index (χ0n) is 14.6. The predicted octanol–water partition coefficient (Wildman–Crippen LogP) is 2.23. The first-order valence-electron chi connectivity index (χ1n) is 9.17. The molecule has 1 heterocycles. The van der Waals surface area contributed by atoms with E-state index in [1.165, 1.54) is 31.0 Å². The lowest BCUT2D eigenvalue weighted by atomic mass is 9.84. The number of sulfone groups is 1. The van der Waals surface area contributed by atoms with Gasteiger partial charge in [0.1, 0.15) is 0 Å². The largest absolute Gasteiger partial charge is 0.481 e.